The highest BCUT2D eigenvalue weighted by atomic mass is 16.2. The number of nitrogens with zero attached hydrogens (tertiary/aromatic N) is 2. The first-order valence-electron chi connectivity index (χ1n) is 9.14. The number of carbonyl (C=O) groups is 2. The van der Waals surface area contributed by atoms with Crippen molar-refractivity contribution in [1.29, 1.82) is 0 Å². The fourth-order valence-corrected chi connectivity index (χ4v) is 3.52. The molecular weight excluding hydrogens is 324 g/mol. The molecular formula is C22H26N2O2. The first-order chi connectivity index (χ1) is 12.4. The van der Waals surface area contributed by atoms with Crippen LogP contribution in [0.2, 0.25) is 0 Å². The molecule has 0 unspecified atom stereocenters. The quantitative estimate of drug-likeness (QED) is 0.853. The van der Waals surface area contributed by atoms with E-state index >= 15 is 0 Å². The lowest BCUT2D eigenvalue weighted by Gasteiger charge is -2.35. The van der Waals surface area contributed by atoms with Crippen LogP contribution in [-0.2, 0) is 11.2 Å². The average Bonchev–Trinajstić information content (AvgIpc) is 2.62. The lowest BCUT2D eigenvalue weighted by molar-refractivity contribution is -0.131. The maximum Gasteiger partial charge on any atom is 0.253 e. The van der Waals surface area contributed by atoms with Crippen LogP contribution in [0.25, 0.3) is 0 Å². The van der Waals surface area contributed by atoms with E-state index in [1.54, 1.807) is 0 Å². The standard InChI is InChI=1S/C22H26N2O2/c1-16-12-17(2)14-20(13-16)22(26)24-10-8-23(9-11-24)21(25)15-19-7-5-4-6-18(19)3/h4-7,12-14H,8-11,15H2,1-3H3. The third-order valence-corrected chi connectivity index (χ3v) is 4.99. The van der Waals surface area contributed by atoms with E-state index in [-0.39, 0.29) is 11.8 Å². The van der Waals surface area contributed by atoms with Gasteiger partial charge in [0.1, 0.15) is 0 Å². The van der Waals surface area contributed by atoms with Crippen molar-refractivity contribution in [3.63, 3.8) is 0 Å². The van der Waals surface area contributed by atoms with E-state index in [0.717, 1.165) is 27.8 Å². The average molecular weight is 350 g/mol. The molecule has 1 saturated heterocycles. The van der Waals surface area contributed by atoms with Gasteiger partial charge in [0.15, 0.2) is 0 Å². The van der Waals surface area contributed by atoms with Crippen LogP contribution in [0.4, 0.5) is 0 Å². The van der Waals surface area contributed by atoms with E-state index in [0.29, 0.717) is 32.6 Å². The van der Waals surface area contributed by atoms with Gasteiger partial charge in [-0.3, -0.25) is 9.59 Å². The summed E-state index contributed by atoms with van der Waals surface area (Å²) < 4.78 is 0. The monoisotopic (exact) mass is 350 g/mol. The zero-order valence-corrected chi connectivity index (χ0v) is 15.8. The number of rotatable bonds is 3. The van der Waals surface area contributed by atoms with Crippen molar-refractivity contribution >= 4 is 11.8 Å². The summed E-state index contributed by atoms with van der Waals surface area (Å²) in [7, 11) is 0. The molecule has 0 N–H and O–H groups in total. The highest BCUT2D eigenvalue weighted by Gasteiger charge is 2.25. The molecule has 1 heterocycles. The van der Waals surface area contributed by atoms with Crippen LogP contribution in [0.3, 0.4) is 0 Å². The molecule has 26 heavy (non-hydrogen) atoms. The first kappa shape index (κ1) is 18.2. The number of aryl methyl sites for hydroxylation is 3. The molecule has 0 spiro atoms. The first-order valence-corrected chi connectivity index (χ1v) is 9.14. The van der Waals surface area contributed by atoms with Crippen LogP contribution < -0.4 is 0 Å². The molecule has 2 aromatic rings. The highest BCUT2D eigenvalue weighted by molar-refractivity contribution is 5.94. The molecule has 0 aromatic heterocycles. The van der Waals surface area contributed by atoms with Crippen LogP contribution in [-0.4, -0.2) is 47.8 Å². The van der Waals surface area contributed by atoms with Crippen molar-refractivity contribution in [3.8, 4) is 0 Å². The molecule has 2 aromatic carbocycles. The summed E-state index contributed by atoms with van der Waals surface area (Å²) in [6.07, 6.45) is 0.428. The zero-order chi connectivity index (χ0) is 18.7. The summed E-state index contributed by atoms with van der Waals surface area (Å²) in [5, 5.41) is 0. The summed E-state index contributed by atoms with van der Waals surface area (Å²) in [4.78, 5) is 29.0. The predicted octanol–water partition coefficient (Wildman–Crippen LogP) is 3.14. The number of benzene rings is 2. The van der Waals surface area contributed by atoms with Gasteiger partial charge in [-0.25, -0.2) is 0 Å². The number of amides is 2. The Kier molecular flexibility index (Phi) is 5.40. The lowest BCUT2D eigenvalue weighted by atomic mass is 10.0. The van der Waals surface area contributed by atoms with Crippen LogP contribution in [0.5, 0.6) is 0 Å². The second kappa shape index (κ2) is 7.73. The summed E-state index contributed by atoms with van der Waals surface area (Å²) in [5.74, 6) is 0.195. The Morgan fingerprint density at radius 3 is 2.04 bits per heavy atom. The van der Waals surface area contributed by atoms with Crippen molar-refractivity contribution < 1.29 is 9.59 Å². The van der Waals surface area contributed by atoms with E-state index in [4.69, 9.17) is 0 Å². The van der Waals surface area contributed by atoms with Gasteiger partial charge in [-0.05, 0) is 44.0 Å². The van der Waals surface area contributed by atoms with Crippen LogP contribution in [0, 0.1) is 20.8 Å². The maximum absolute atomic E-state index is 12.7. The molecule has 0 bridgehead atoms. The van der Waals surface area contributed by atoms with Gasteiger partial charge in [0.05, 0.1) is 6.42 Å². The summed E-state index contributed by atoms with van der Waals surface area (Å²) >= 11 is 0. The number of hydrogen-bond acceptors (Lipinski definition) is 2. The molecule has 0 saturated carbocycles. The minimum absolute atomic E-state index is 0.0582. The third-order valence-electron chi connectivity index (χ3n) is 4.99. The van der Waals surface area contributed by atoms with Gasteiger partial charge in [0.25, 0.3) is 5.91 Å². The van der Waals surface area contributed by atoms with Gasteiger partial charge < -0.3 is 9.80 Å². The van der Waals surface area contributed by atoms with Crippen LogP contribution >= 0.6 is 0 Å². The minimum atomic E-state index is 0.0582. The van der Waals surface area contributed by atoms with Gasteiger partial charge in [-0.2, -0.15) is 0 Å². The van der Waals surface area contributed by atoms with Gasteiger partial charge in [-0.1, -0.05) is 41.5 Å². The third kappa shape index (κ3) is 4.13. The predicted molar refractivity (Wildman–Crippen MR) is 103 cm³/mol. The van der Waals surface area contributed by atoms with Gasteiger partial charge in [-0.15, -0.1) is 0 Å². The van der Waals surface area contributed by atoms with Crippen LogP contribution in [0.1, 0.15) is 32.6 Å². The van der Waals surface area contributed by atoms with Crippen molar-refractivity contribution in [3.05, 3.63) is 70.3 Å². The summed E-state index contributed by atoms with van der Waals surface area (Å²) in [6.45, 7) is 8.42. The molecule has 0 aliphatic carbocycles. The molecule has 0 atom stereocenters. The molecule has 4 heteroatoms. The minimum Gasteiger partial charge on any atom is -0.339 e. The molecule has 3 rings (SSSR count). The van der Waals surface area contributed by atoms with Crippen molar-refractivity contribution in [2.45, 2.75) is 27.2 Å². The van der Waals surface area contributed by atoms with Crippen molar-refractivity contribution in [2.75, 3.05) is 26.2 Å². The number of piperazine rings is 1. The molecule has 136 valence electrons. The SMILES string of the molecule is Cc1cc(C)cc(C(=O)N2CCN(C(=O)Cc3ccccc3C)CC2)c1. The lowest BCUT2D eigenvalue weighted by Crippen LogP contribution is -2.51. The van der Waals surface area contributed by atoms with E-state index < -0.39 is 0 Å². The van der Waals surface area contributed by atoms with Crippen molar-refractivity contribution in [2.24, 2.45) is 0 Å². The van der Waals surface area contributed by atoms with E-state index in [1.165, 1.54) is 0 Å². The number of hydrogen-bond donors (Lipinski definition) is 0. The molecule has 4 nitrogen and oxygen atoms in total. The van der Waals surface area contributed by atoms with Gasteiger partial charge in [0, 0.05) is 31.7 Å². The Morgan fingerprint density at radius 1 is 0.846 bits per heavy atom. The topological polar surface area (TPSA) is 40.6 Å². The van der Waals surface area contributed by atoms with Gasteiger partial charge >= 0.3 is 0 Å². The molecule has 1 aliphatic heterocycles. The molecule has 0 radical (unpaired) electrons. The Balaban J connectivity index is 1.59. The largest absolute Gasteiger partial charge is 0.339 e. The normalized spacial score (nSPS) is 14.4. The maximum atomic E-state index is 12.7. The fraction of sp³-hybridized carbons (Fsp3) is 0.364. The fourth-order valence-electron chi connectivity index (χ4n) is 3.52. The second-order valence-corrected chi connectivity index (χ2v) is 7.15. The Morgan fingerprint density at radius 2 is 1.42 bits per heavy atom. The molecule has 2 amide bonds. The summed E-state index contributed by atoms with van der Waals surface area (Å²) in [6, 6.07) is 13.9. The van der Waals surface area contributed by atoms with E-state index in [1.807, 2.05) is 67.0 Å². The zero-order valence-electron chi connectivity index (χ0n) is 15.8. The number of carbonyl (C=O) groups excluding carboxylic acids is 2. The van der Waals surface area contributed by atoms with Gasteiger partial charge in [0.2, 0.25) is 5.91 Å². The Bertz CT molecular complexity index is 800. The molecule has 1 aliphatic rings. The Hall–Kier alpha value is -2.62. The van der Waals surface area contributed by atoms with Crippen LogP contribution in [0.15, 0.2) is 42.5 Å². The Labute approximate surface area is 155 Å². The van der Waals surface area contributed by atoms with E-state index in [2.05, 4.69) is 6.07 Å². The second-order valence-electron chi connectivity index (χ2n) is 7.15. The smallest absolute Gasteiger partial charge is 0.253 e. The van der Waals surface area contributed by atoms with Crippen molar-refractivity contribution in [1.82, 2.24) is 9.80 Å². The molecule has 1 fully saturated rings. The summed E-state index contributed by atoms with van der Waals surface area (Å²) in [5.41, 5.74) is 5.15. The highest BCUT2D eigenvalue weighted by Crippen LogP contribution is 2.15. The van der Waals surface area contributed by atoms with E-state index in [9.17, 15) is 9.59 Å².